The van der Waals surface area contributed by atoms with Gasteiger partial charge in [0.1, 0.15) is 11.3 Å². The molecule has 0 saturated carbocycles. The zero-order valence-electron chi connectivity index (χ0n) is 17.3. The predicted molar refractivity (Wildman–Crippen MR) is 118 cm³/mol. The van der Waals surface area contributed by atoms with Crippen molar-refractivity contribution in [2.45, 2.75) is 32.7 Å². The molecule has 1 aromatic heterocycles. The van der Waals surface area contributed by atoms with E-state index < -0.39 is 0 Å². The number of methoxy groups -OCH3 is 1. The quantitative estimate of drug-likeness (QED) is 0.659. The molecule has 1 aliphatic heterocycles. The number of aryl methyl sites for hydroxylation is 1. The van der Waals surface area contributed by atoms with Crippen molar-refractivity contribution >= 4 is 16.7 Å². The lowest BCUT2D eigenvalue weighted by Gasteiger charge is -2.33. The van der Waals surface area contributed by atoms with Gasteiger partial charge in [0.15, 0.2) is 0 Å². The third-order valence-corrected chi connectivity index (χ3v) is 5.56. The minimum absolute atomic E-state index is 0.309. The van der Waals surface area contributed by atoms with Crippen molar-refractivity contribution in [1.29, 1.82) is 0 Å². The van der Waals surface area contributed by atoms with E-state index in [1.807, 2.05) is 36.4 Å². The van der Waals surface area contributed by atoms with Crippen LogP contribution < -0.4 is 20.6 Å². The fourth-order valence-electron chi connectivity index (χ4n) is 4.08. The van der Waals surface area contributed by atoms with E-state index in [4.69, 9.17) is 9.15 Å². The summed E-state index contributed by atoms with van der Waals surface area (Å²) in [4.78, 5) is 15.1. The molecule has 0 aliphatic carbocycles. The smallest absolute Gasteiger partial charge is 0.344 e. The van der Waals surface area contributed by atoms with Gasteiger partial charge in [0.05, 0.1) is 12.7 Å². The molecule has 0 unspecified atom stereocenters. The molecule has 1 fully saturated rings. The Hall–Kier alpha value is -2.79. The van der Waals surface area contributed by atoms with Crippen LogP contribution in [-0.2, 0) is 6.42 Å². The third kappa shape index (κ3) is 4.01. The highest BCUT2D eigenvalue weighted by atomic mass is 16.5. The van der Waals surface area contributed by atoms with Crippen LogP contribution in [0.2, 0.25) is 0 Å². The summed E-state index contributed by atoms with van der Waals surface area (Å²) in [5.74, 6) is 0.857. The topological polar surface area (TPSA) is 54.7 Å². The summed E-state index contributed by atoms with van der Waals surface area (Å²) in [7, 11) is 1.68. The Morgan fingerprint density at radius 3 is 2.83 bits per heavy atom. The molecule has 2 aromatic carbocycles. The minimum atomic E-state index is -0.309. The Bertz CT molecular complexity index is 1070. The minimum Gasteiger partial charge on any atom is -0.496 e. The zero-order valence-corrected chi connectivity index (χ0v) is 17.3. The number of hydrogen-bond acceptors (Lipinski definition) is 5. The van der Waals surface area contributed by atoms with Crippen LogP contribution in [0.5, 0.6) is 5.75 Å². The van der Waals surface area contributed by atoms with Crippen LogP contribution in [0.4, 0.5) is 5.69 Å². The number of benzene rings is 2. The Morgan fingerprint density at radius 1 is 1.21 bits per heavy atom. The van der Waals surface area contributed by atoms with Gasteiger partial charge in [-0.3, -0.25) is 0 Å². The molecular weight excluding hydrogens is 364 g/mol. The van der Waals surface area contributed by atoms with E-state index in [9.17, 15) is 4.79 Å². The molecule has 4 rings (SSSR count). The van der Waals surface area contributed by atoms with Gasteiger partial charge in [-0.05, 0) is 54.8 Å². The van der Waals surface area contributed by atoms with Crippen molar-refractivity contribution in [3.8, 4) is 16.9 Å². The number of rotatable bonds is 5. The van der Waals surface area contributed by atoms with Crippen molar-refractivity contribution in [3.05, 3.63) is 58.4 Å². The van der Waals surface area contributed by atoms with E-state index in [0.717, 1.165) is 60.4 Å². The van der Waals surface area contributed by atoms with Gasteiger partial charge in [-0.1, -0.05) is 19.4 Å². The average Bonchev–Trinajstić information content (AvgIpc) is 2.73. The molecule has 1 atom stereocenters. The first-order valence-corrected chi connectivity index (χ1v) is 10.3. The molecule has 2 heterocycles. The van der Waals surface area contributed by atoms with Gasteiger partial charge < -0.3 is 19.4 Å². The van der Waals surface area contributed by atoms with Gasteiger partial charge in [0.25, 0.3) is 0 Å². The second-order valence-corrected chi connectivity index (χ2v) is 7.75. The standard InChI is InChI=1S/C24H28N2O3/c1-4-5-18-12-17(7-9-22(18)28-3)21-13-19-6-8-20(14-23(19)29-24(21)27)26-11-10-25-16(2)15-26/h6-9,12-14,16,25H,4-5,10-11,15H2,1-3H3/t16-/m0/s1. The predicted octanol–water partition coefficient (Wildman–Crippen LogP) is 4.22. The number of nitrogens with zero attached hydrogens (tertiary/aromatic N) is 1. The van der Waals surface area contributed by atoms with Crippen molar-refractivity contribution in [2.24, 2.45) is 0 Å². The van der Waals surface area contributed by atoms with Crippen molar-refractivity contribution in [2.75, 3.05) is 31.6 Å². The Balaban J connectivity index is 1.72. The van der Waals surface area contributed by atoms with Crippen LogP contribution in [0.25, 0.3) is 22.1 Å². The highest BCUT2D eigenvalue weighted by Crippen LogP contribution is 2.29. The van der Waals surface area contributed by atoms with Gasteiger partial charge in [-0.2, -0.15) is 0 Å². The average molecular weight is 392 g/mol. The summed E-state index contributed by atoms with van der Waals surface area (Å²) in [6, 6.07) is 14.4. The summed E-state index contributed by atoms with van der Waals surface area (Å²) >= 11 is 0. The fraction of sp³-hybridized carbons (Fsp3) is 0.375. The largest absolute Gasteiger partial charge is 0.496 e. The first kappa shape index (κ1) is 19.5. The van der Waals surface area contributed by atoms with E-state index in [-0.39, 0.29) is 5.63 Å². The molecule has 0 bridgehead atoms. The summed E-state index contributed by atoms with van der Waals surface area (Å²) < 4.78 is 11.2. The molecule has 5 nitrogen and oxygen atoms in total. The highest BCUT2D eigenvalue weighted by Gasteiger charge is 2.17. The molecule has 0 amide bonds. The van der Waals surface area contributed by atoms with Crippen LogP contribution in [-0.4, -0.2) is 32.8 Å². The molecule has 3 aromatic rings. The number of piperazine rings is 1. The van der Waals surface area contributed by atoms with Gasteiger partial charge in [-0.15, -0.1) is 0 Å². The zero-order chi connectivity index (χ0) is 20.4. The summed E-state index contributed by atoms with van der Waals surface area (Å²) in [5, 5.41) is 4.38. The van der Waals surface area contributed by atoms with Crippen molar-refractivity contribution in [1.82, 2.24) is 5.32 Å². The monoisotopic (exact) mass is 392 g/mol. The van der Waals surface area contributed by atoms with Crippen molar-refractivity contribution in [3.63, 3.8) is 0 Å². The molecule has 29 heavy (non-hydrogen) atoms. The van der Waals surface area contributed by atoms with Crippen LogP contribution in [0.15, 0.2) is 51.7 Å². The maximum Gasteiger partial charge on any atom is 0.344 e. The molecule has 0 radical (unpaired) electrons. The van der Waals surface area contributed by atoms with Crippen LogP contribution in [0, 0.1) is 0 Å². The first-order valence-electron chi connectivity index (χ1n) is 10.3. The molecule has 1 N–H and O–H groups in total. The normalized spacial score (nSPS) is 16.9. The van der Waals surface area contributed by atoms with E-state index in [1.54, 1.807) is 7.11 Å². The van der Waals surface area contributed by atoms with Gasteiger partial charge in [0, 0.05) is 42.8 Å². The van der Waals surface area contributed by atoms with Crippen LogP contribution in [0.1, 0.15) is 25.8 Å². The van der Waals surface area contributed by atoms with Gasteiger partial charge in [-0.25, -0.2) is 4.79 Å². The Labute approximate surface area is 171 Å². The van der Waals surface area contributed by atoms with Crippen LogP contribution in [0.3, 0.4) is 0 Å². The maximum atomic E-state index is 12.8. The SMILES string of the molecule is CCCc1cc(-c2cc3ccc(N4CCN[C@@H](C)C4)cc3oc2=O)ccc1OC. The number of hydrogen-bond donors (Lipinski definition) is 1. The van der Waals surface area contributed by atoms with E-state index in [1.165, 1.54) is 0 Å². The lowest BCUT2D eigenvalue weighted by molar-refractivity contribution is 0.409. The number of ether oxygens (including phenoxy) is 1. The third-order valence-electron chi connectivity index (χ3n) is 5.56. The number of nitrogens with one attached hydrogen (secondary N) is 1. The van der Waals surface area contributed by atoms with Gasteiger partial charge >= 0.3 is 5.63 Å². The van der Waals surface area contributed by atoms with E-state index in [2.05, 4.69) is 30.1 Å². The Kier molecular flexibility index (Phi) is 5.58. The molecule has 1 saturated heterocycles. The lowest BCUT2D eigenvalue weighted by Crippen LogP contribution is -2.49. The molecule has 152 valence electrons. The van der Waals surface area contributed by atoms with E-state index >= 15 is 0 Å². The second-order valence-electron chi connectivity index (χ2n) is 7.75. The molecule has 5 heteroatoms. The molecule has 1 aliphatic rings. The number of fused-ring (bicyclic) bond motifs is 1. The molecule has 0 spiro atoms. The summed E-state index contributed by atoms with van der Waals surface area (Å²) in [6.45, 7) is 7.16. The van der Waals surface area contributed by atoms with E-state index in [0.29, 0.717) is 17.2 Å². The fourth-order valence-corrected chi connectivity index (χ4v) is 4.08. The summed E-state index contributed by atoms with van der Waals surface area (Å²) in [6.07, 6.45) is 1.92. The number of anilines is 1. The summed E-state index contributed by atoms with van der Waals surface area (Å²) in [5.41, 5.74) is 3.97. The highest BCUT2D eigenvalue weighted by molar-refractivity contribution is 5.84. The molecular formula is C24H28N2O3. The lowest BCUT2D eigenvalue weighted by atomic mass is 10.0. The van der Waals surface area contributed by atoms with Crippen molar-refractivity contribution < 1.29 is 9.15 Å². The van der Waals surface area contributed by atoms with Crippen LogP contribution >= 0.6 is 0 Å². The Morgan fingerprint density at radius 2 is 2.07 bits per heavy atom. The second kappa shape index (κ2) is 8.29. The maximum absolute atomic E-state index is 12.8. The first-order chi connectivity index (χ1) is 14.1. The van der Waals surface area contributed by atoms with Gasteiger partial charge in [0.2, 0.25) is 0 Å².